The van der Waals surface area contributed by atoms with Crippen molar-refractivity contribution < 1.29 is 49.4 Å². The van der Waals surface area contributed by atoms with E-state index in [4.69, 9.17) is 5.73 Å². The largest absolute Gasteiger partial charge is 1.00 e. The van der Waals surface area contributed by atoms with Gasteiger partial charge in [-0.3, -0.25) is 4.79 Å². The van der Waals surface area contributed by atoms with Crippen LogP contribution in [0.15, 0.2) is 28.6 Å². The summed E-state index contributed by atoms with van der Waals surface area (Å²) < 4.78 is 0. The van der Waals surface area contributed by atoms with E-state index in [-0.39, 0.29) is 59.1 Å². The Hall–Kier alpha value is -1.13. The van der Waals surface area contributed by atoms with Crippen LogP contribution in [-0.4, -0.2) is 49.7 Å². The summed E-state index contributed by atoms with van der Waals surface area (Å²) >= 11 is 1.32. The Labute approximate surface area is 171 Å². The minimum atomic E-state index is -1.38. The summed E-state index contributed by atoms with van der Waals surface area (Å²) in [5.74, 6) is -2.02. The van der Waals surface area contributed by atoms with Gasteiger partial charge < -0.3 is 25.6 Å². The van der Waals surface area contributed by atoms with E-state index in [2.05, 4.69) is 9.97 Å². The molecule has 0 aliphatic carbocycles. The molecule has 1 aromatic rings. The second-order valence-corrected chi connectivity index (χ2v) is 6.95. The van der Waals surface area contributed by atoms with Crippen molar-refractivity contribution in [3.05, 3.63) is 23.5 Å². The molecule has 128 valence electrons. The Morgan fingerprint density at radius 3 is 2.80 bits per heavy atom. The van der Waals surface area contributed by atoms with E-state index in [9.17, 15) is 19.8 Å². The smallest absolute Gasteiger partial charge is 0.543 e. The zero-order chi connectivity index (χ0) is 17.6. The fourth-order valence-corrected chi connectivity index (χ4v) is 4.43. The van der Waals surface area contributed by atoms with E-state index < -0.39 is 18.0 Å². The molecule has 2 aliphatic rings. The van der Waals surface area contributed by atoms with Crippen LogP contribution in [0, 0.1) is 11.8 Å². The van der Waals surface area contributed by atoms with Crippen LogP contribution in [0.1, 0.15) is 13.8 Å². The first kappa shape index (κ1) is 20.2. The standard InChI is InChI=1S/C15H18N4O4S.Na/c1-6-8(5-24-9-3-4-17-15(16)18-9)12(14(22)23)19-11(6)10(7(2)20)13(19)21;/h3-4,6-7,10-11,20H,5H2,1-2H3,(H,22,23)(H2,16,17,18);/q;+1/p-1/t6-,7+,10?,11?;/m0./s1. The van der Waals surface area contributed by atoms with Crippen LogP contribution in [-0.2, 0) is 9.59 Å². The molecule has 0 aromatic carbocycles. The van der Waals surface area contributed by atoms with Crippen molar-refractivity contribution in [2.75, 3.05) is 11.5 Å². The minimum Gasteiger partial charge on any atom is -0.543 e. The Balaban J connectivity index is 0.00000225. The Morgan fingerprint density at radius 1 is 1.56 bits per heavy atom. The third-order valence-corrected chi connectivity index (χ3v) is 5.51. The number of hydrogen-bond donors (Lipinski definition) is 2. The number of aromatic nitrogens is 2. The molecular formula is C15H17N4NaO4S. The number of nitrogens with two attached hydrogens (primary N) is 1. The van der Waals surface area contributed by atoms with Crippen molar-refractivity contribution in [1.82, 2.24) is 14.9 Å². The molecule has 1 aromatic heterocycles. The number of thioether (sulfide) groups is 1. The van der Waals surface area contributed by atoms with Gasteiger partial charge in [-0.15, -0.1) is 11.8 Å². The van der Waals surface area contributed by atoms with Gasteiger partial charge in [0.2, 0.25) is 11.9 Å². The molecule has 1 saturated heterocycles. The zero-order valence-corrected chi connectivity index (χ0v) is 17.0. The summed E-state index contributed by atoms with van der Waals surface area (Å²) in [5.41, 5.74) is 6.07. The van der Waals surface area contributed by atoms with Crippen LogP contribution in [0.5, 0.6) is 0 Å². The predicted octanol–water partition coefficient (Wildman–Crippen LogP) is -3.98. The number of nitrogen functional groups attached to an aromatic ring is 1. The van der Waals surface area contributed by atoms with E-state index in [1.807, 2.05) is 6.92 Å². The quantitative estimate of drug-likeness (QED) is 0.231. The summed E-state index contributed by atoms with van der Waals surface area (Å²) in [5, 5.41) is 22.0. The van der Waals surface area contributed by atoms with Crippen molar-refractivity contribution >= 4 is 29.6 Å². The van der Waals surface area contributed by atoms with Crippen molar-refractivity contribution in [2.24, 2.45) is 11.8 Å². The maximum absolute atomic E-state index is 12.2. The Bertz CT molecular complexity index is 742. The van der Waals surface area contributed by atoms with Gasteiger partial charge in [-0.2, -0.15) is 0 Å². The first-order valence-electron chi connectivity index (χ1n) is 7.49. The molecule has 3 heterocycles. The van der Waals surface area contributed by atoms with Crippen molar-refractivity contribution in [3.63, 3.8) is 0 Å². The third kappa shape index (κ3) is 3.43. The molecule has 8 nitrogen and oxygen atoms in total. The SMILES string of the molecule is C[C@@H](O)C1C(=O)N2C(C(=O)[O-])=C(CSc3ccnc(N)n3)[C@H](C)C12.[Na+]. The van der Waals surface area contributed by atoms with Crippen LogP contribution in [0.4, 0.5) is 5.95 Å². The monoisotopic (exact) mass is 372 g/mol. The van der Waals surface area contributed by atoms with Crippen LogP contribution < -0.4 is 40.4 Å². The molecule has 1 fully saturated rings. The molecular weight excluding hydrogens is 355 g/mol. The van der Waals surface area contributed by atoms with E-state index in [0.29, 0.717) is 16.4 Å². The normalized spacial score (nSPS) is 26.0. The van der Waals surface area contributed by atoms with Gasteiger partial charge in [-0.05, 0) is 18.6 Å². The number of fused-ring (bicyclic) bond motifs is 1. The van der Waals surface area contributed by atoms with Gasteiger partial charge in [0.15, 0.2) is 0 Å². The summed E-state index contributed by atoms with van der Waals surface area (Å²) in [6.45, 7) is 3.40. The number of carbonyl (C=O) groups excluding carboxylic acids is 2. The minimum absolute atomic E-state index is 0. The van der Waals surface area contributed by atoms with Crippen LogP contribution in [0.25, 0.3) is 0 Å². The van der Waals surface area contributed by atoms with Crippen LogP contribution in [0.2, 0.25) is 0 Å². The Morgan fingerprint density at radius 2 is 2.24 bits per heavy atom. The molecule has 0 radical (unpaired) electrons. The number of rotatable bonds is 5. The maximum Gasteiger partial charge on any atom is 1.00 e. The summed E-state index contributed by atoms with van der Waals surface area (Å²) in [4.78, 5) is 32.9. The van der Waals surface area contributed by atoms with Crippen LogP contribution in [0.3, 0.4) is 0 Å². The van der Waals surface area contributed by atoms with Gasteiger partial charge in [0.25, 0.3) is 0 Å². The second-order valence-electron chi connectivity index (χ2n) is 5.96. The van der Waals surface area contributed by atoms with E-state index in [0.717, 1.165) is 0 Å². The van der Waals surface area contributed by atoms with Gasteiger partial charge in [-0.1, -0.05) is 6.92 Å². The first-order chi connectivity index (χ1) is 11.3. The number of carboxylic acids is 1. The number of hydrogen-bond acceptors (Lipinski definition) is 8. The fourth-order valence-electron chi connectivity index (χ4n) is 3.41. The van der Waals surface area contributed by atoms with Gasteiger partial charge in [-0.25, -0.2) is 9.97 Å². The molecule has 0 spiro atoms. The number of carbonyl (C=O) groups is 2. The number of aliphatic hydroxyl groups is 1. The van der Waals surface area contributed by atoms with Crippen molar-refractivity contribution in [1.29, 1.82) is 0 Å². The molecule has 3 rings (SSSR count). The number of amides is 1. The molecule has 0 saturated carbocycles. The molecule has 2 aliphatic heterocycles. The number of nitrogens with zero attached hydrogens (tertiary/aromatic N) is 3. The van der Waals surface area contributed by atoms with E-state index in [1.165, 1.54) is 22.9 Å². The van der Waals surface area contributed by atoms with Crippen LogP contribution >= 0.6 is 11.8 Å². The number of β-lactam (4-membered cyclic amide) rings is 1. The van der Waals surface area contributed by atoms with Crippen molar-refractivity contribution in [3.8, 4) is 0 Å². The molecule has 10 heteroatoms. The summed E-state index contributed by atoms with van der Waals surface area (Å²) in [6.07, 6.45) is 0.703. The van der Waals surface area contributed by atoms with Gasteiger partial charge in [0.1, 0.15) is 5.03 Å². The van der Waals surface area contributed by atoms with Gasteiger partial charge >= 0.3 is 29.6 Å². The average molecular weight is 372 g/mol. The number of aliphatic hydroxyl groups excluding tert-OH is 1. The topological polar surface area (TPSA) is 132 Å². The molecule has 0 bridgehead atoms. The van der Waals surface area contributed by atoms with Gasteiger partial charge in [0.05, 0.1) is 29.7 Å². The number of aliphatic carboxylic acids is 1. The van der Waals surface area contributed by atoms with E-state index in [1.54, 1.807) is 13.0 Å². The summed E-state index contributed by atoms with van der Waals surface area (Å²) in [6, 6.07) is 1.34. The molecule has 4 atom stereocenters. The predicted molar refractivity (Wildman–Crippen MR) is 84.2 cm³/mol. The molecule has 2 unspecified atom stereocenters. The third-order valence-electron chi connectivity index (χ3n) is 4.53. The molecule has 1 amide bonds. The van der Waals surface area contributed by atoms with Gasteiger partial charge in [0, 0.05) is 17.9 Å². The molecule has 3 N–H and O–H groups in total. The number of anilines is 1. The number of carboxylic acid groups (broad SMARTS) is 1. The second kappa shape index (κ2) is 7.63. The van der Waals surface area contributed by atoms with Crippen molar-refractivity contribution in [2.45, 2.75) is 31.0 Å². The summed E-state index contributed by atoms with van der Waals surface area (Å²) in [7, 11) is 0. The van der Waals surface area contributed by atoms with E-state index >= 15 is 0 Å². The zero-order valence-electron chi connectivity index (χ0n) is 14.2. The Kier molecular flexibility index (Phi) is 6.16. The molecule has 25 heavy (non-hydrogen) atoms. The fraction of sp³-hybridized carbons (Fsp3) is 0.467. The average Bonchev–Trinajstić information content (AvgIpc) is 2.74. The maximum atomic E-state index is 12.2. The first-order valence-corrected chi connectivity index (χ1v) is 8.48.